The molecule has 0 radical (unpaired) electrons. The van der Waals surface area contributed by atoms with E-state index in [4.69, 9.17) is 23.8 Å². The summed E-state index contributed by atoms with van der Waals surface area (Å²) < 4.78 is 13.1. The first kappa shape index (κ1) is 34.6. The molecule has 0 saturated heterocycles. The van der Waals surface area contributed by atoms with Crippen molar-refractivity contribution < 1.29 is 8.83 Å². The Kier molecular flexibility index (Phi) is 7.09. The van der Waals surface area contributed by atoms with Crippen molar-refractivity contribution in [2.24, 2.45) is 0 Å². The van der Waals surface area contributed by atoms with E-state index < -0.39 is 0 Å². The summed E-state index contributed by atoms with van der Waals surface area (Å²) in [7, 11) is 0. The highest BCUT2D eigenvalue weighted by atomic mass is 16.3. The van der Waals surface area contributed by atoms with Crippen LogP contribution in [0.2, 0.25) is 0 Å². The molecule has 2 aliphatic carbocycles. The van der Waals surface area contributed by atoms with Gasteiger partial charge in [-0.25, -0.2) is 15.0 Å². The van der Waals surface area contributed by atoms with Crippen molar-refractivity contribution in [1.82, 2.24) is 15.0 Å². The van der Waals surface area contributed by atoms with Crippen LogP contribution in [0.3, 0.4) is 0 Å². The van der Waals surface area contributed by atoms with Gasteiger partial charge in [-0.1, -0.05) is 146 Å². The van der Waals surface area contributed by atoms with Gasteiger partial charge in [0.15, 0.2) is 17.5 Å². The molecule has 294 valence electrons. The highest BCUT2D eigenvalue weighted by Gasteiger charge is 2.62. The maximum absolute atomic E-state index is 6.70. The predicted octanol–water partition coefficient (Wildman–Crippen LogP) is 14.9. The van der Waals surface area contributed by atoms with Crippen molar-refractivity contribution in [3.63, 3.8) is 0 Å². The zero-order chi connectivity index (χ0) is 41.2. The fourth-order valence-electron chi connectivity index (χ4n) is 10.8. The van der Waals surface area contributed by atoms with E-state index in [1.807, 2.05) is 30.3 Å². The lowest BCUT2D eigenvalue weighted by molar-refractivity contribution is 0.668. The van der Waals surface area contributed by atoms with Crippen LogP contribution in [0.4, 0.5) is 0 Å². The molecule has 0 aliphatic heterocycles. The number of nitrogens with zero attached hydrogens (tertiary/aromatic N) is 3. The second-order valence-electron chi connectivity index (χ2n) is 17.1. The van der Waals surface area contributed by atoms with Crippen LogP contribution >= 0.6 is 0 Å². The molecule has 2 unspecified atom stereocenters. The van der Waals surface area contributed by atoms with Gasteiger partial charge in [-0.05, 0) is 111 Å². The van der Waals surface area contributed by atoms with Crippen LogP contribution in [0.1, 0.15) is 29.0 Å². The van der Waals surface area contributed by atoms with Gasteiger partial charge in [-0.3, -0.25) is 0 Å². The van der Waals surface area contributed by atoms with Crippen molar-refractivity contribution in [3.05, 3.63) is 211 Å². The third kappa shape index (κ3) is 5.08. The minimum Gasteiger partial charge on any atom is -0.456 e. The van der Waals surface area contributed by atoms with Gasteiger partial charge >= 0.3 is 0 Å². The van der Waals surface area contributed by atoms with Crippen molar-refractivity contribution >= 4 is 54.6 Å². The number of furan rings is 2. The minimum atomic E-state index is -0.360. The summed E-state index contributed by atoms with van der Waals surface area (Å²) in [5, 5.41) is 6.86. The summed E-state index contributed by atoms with van der Waals surface area (Å²) in [5.74, 6) is 2.04. The van der Waals surface area contributed by atoms with E-state index in [1.54, 1.807) is 0 Å². The molecule has 14 rings (SSSR count). The second kappa shape index (κ2) is 12.9. The highest BCUT2D eigenvalue weighted by Crippen LogP contribution is 2.72. The summed E-state index contributed by atoms with van der Waals surface area (Å²) in [5.41, 5.74) is 14.5. The number of benzene rings is 9. The Bertz CT molecular complexity index is 3860. The van der Waals surface area contributed by atoms with Gasteiger partial charge in [-0.15, -0.1) is 0 Å². The van der Waals surface area contributed by atoms with Crippen LogP contribution in [0.15, 0.2) is 203 Å². The molecule has 3 heterocycles. The van der Waals surface area contributed by atoms with E-state index in [0.29, 0.717) is 17.5 Å². The number of para-hydroxylation sites is 2. The molecule has 0 amide bonds. The number of hydrogen-bond acceptors (Lipinski definition) is 5. The molecule has 1 fully saturated rings. The lowest BCUT2D eigenvalue weighted by atomic mass is 9.72. The Hall–Kier alpha value is -8.15. The lowest BCUT2D eigenvalue weighted by Gasteiger charge is -2.30. The van der Waals surface area contributed by atoms with Crippen LogP contribution in [0.5, 0.6) is 0 Å². The number of aromatic nitrogens is 3. The van der Waals surface area contributed by atoms with Gasteiger partial charge in [0.25, 0.3) is 0 Å². The van der Waals surface area contributed by atoms with Crippen molar-refractivity contribution in [2.75, 3.05) is 0 Å². The first-order valence-electron chi connectivity index (χ1n) is 21.6. The number of hydrogen-bond donors (Lipinski definition) is 0. The molecular formula is C58H35N3O2. The average molecular weight is 806 g/mol. The molecule has 63 heavy (non-hydrogen) atoms. The maximum Gasteiger partial charge on any atom is 0.164 e. The van der Waals surface area contributed by atoms with Crippen LogP contribution in [0, 0.1) is 0 Å². The Morgan fingerprint density at radius 2 is 1.03 bits per heavy atom. The predicted molar refractivity (Wildman–Crippen MR) is 254 cm³/mol. The summed E-state index contributed by atoms with van der Waals surface area (Å²) >= 11 is 0. The zero-order valence-corrected chi connectivity index (χ0v) is 33.9. The second-order valence-corrected chi connectivity index (χ2v) is 17.1. The van der Waals surface area contributed by atoms with E-state index >= 15 is 0 Å². The fraction of sp³-hybridized carbons (Fsp3) is 0.0517. The van der Waals surface area contributed by atoms with E-state index in [9.17, 15) is 0 Å². The normalized spacial score (nSPS) is 16.4. The molecule has 5 heteroatoms. The van der Waals surface area contributed by atoms with E-state index in [0.717, 1.165) is 78.1 Å². The molecule has 0 bridgehead atoms. The maximum atomic E-state index is 6.70. The molecule has 0 spiro atoms. The molecule has 9 aromatic carbocycles. The SMILES string of the molecule is c1ccc(-c2cccc(-c3nc(-c4ccc5c(c4)oc4ccccc45)nc(-c4ccc5oc6ccccc6c5c4C45CC4c4cc6ccccc6cc4-c4ccccc45)n3)c2)cc1. The number of rotatable bonds is 5. The molecule has 5 nitrogen and oxygen atoms in total. The fourth-order valence-corrected chi connectivity index (χ4v) is 10.8. The minimum absolute atomic E-state index is 0.240. The average Bonchev–Trinajstić information content (AvgIpc) is 3.84. The first-order chi connectivity index (χ1) is 31.2. The Labute approximate surface area is 362 Å². The smallest absolute Gasteiger partial charge is 0.164 e. The number of fused-ring (bicyclic) bond motifs is 13. The third-order valence-electron chi connectivity index (χ3n) is 13.7. The quantitative estimate of drug-likeness (QED) is 0.173. The monoisotopic (exact) mass is 805 g/mol. The van der Waals surface area contributed by atoms with Crippen molar-refractivity contribution in [1.29, 1.82) is 0 Å². The summed E-state index contributed by atoms with van der Waals surface area (Å²) in [6, 6.07) is 68.8. The molecule has 0 N–H and O–H groups in total. The van der Waals surface area contributed by atoms with Gasteiger partial charge in [0, 0.05) is 43.7 Å². The molecule has 12 aromatic rings. The topological polar surface area (TPSA) is 65.0 Å². The van der Waals surface area contributed by atoms with Gasteiger partial charge < -0.3 is 8.83 Å². The third-order valence-corrected chi connectivity index (χ3v) is 13.7. The standard InChI is InChI=1S/C58H35N3O2/c1-2-13-34(14-3-1)35-17-12-18-38(29-35)55-59-56(39-25-26-42-41-20-7-10-23-49(41)63-52(42)32-39)61-57(60-55)44-27-28-51-53(43-21-8-11-24-50(43)62-51)54(44)58-33-48(58)46-31-37-16-5-4-15-36(37)30-45(46)40-19-6-9-22-47(40)58/h1-32,48H,33H2. The van der Waals surface area contributed by atoms with E-state index in [-0.39, 0.29) is 11.3 Å². The van der Waals surface area contributed by atoms with Crippen LogP contribution in [0.25, 0.3) is 111 Å². The Morgan fingerprint density at radius 3 is 1.89 bits per heavy atom. The summed E-state index contributed by atoms with van der Waals surface area (Å²) in [4.78, 5) is 16.2. The van der Waals surface area contributed by atoms with Gasteiger partial charge in [-0.2, -0.15) is 0 Å². The van der Waals surface area contributed by atoms with Crippen LogP contribution in [-0.2, 0) is 5.41 Å². The first-order valence-corrected chi connectivity index (χ1v) is 21.6. The molecule has 2 aliphatic rings. The molecule has 2 atom stereocenters. The molecule has 1 saturated carbocycles. The summed E-state index contributed by atoms with van der Waals surface area (Å²) in [6.45, 7) is 0. The zero-order valence-electron chi connectivity index (χ0n) is 33.9. The van der Waals surface area contributed by atoms with Crippen LogP contribution < -0.4 is 0 Å². The molecule has 3 aromatic heterocycles. The van der Waals surface area contributed by atoms with Crippen LogP contribution in [-0.4, -0.2) is 15.0 Å². The van der Waals surface area contributed by atoms with Gasteiger partial charge in [0.1, 0.15) is 22.3 Å². The lowest BCUT2D eigenvalue weighted by Crippen LogP contribution is -2.19. The molecular weight excluding hydrogens is 771 g/mol. The van der Waals surface area contributed by atoms with E-state index in [2.05, 4.69) is 164 Å². The Balaban J connectivity index is 1.05. The largest absolute Gasteiger partial charge is 0.456 e. The van der Waals surface area contributed by atoms with E-state index in [1.165, 1.54) is 38.6 Å². The van der Waals surface area contributed by atoms with Gasteiger partial charge in [0.2, 0.25) is 0 Å². The summed E-state index contributed by atoms with van der Waals surface area (Å²) in [6.07, 6.45) is 0.952. The van der Waals surface area contributed by atoms with Crippen molar-refractivity contribution in [2.45, 2.75) is 17.8 Å². The Morgan fingerprint density at radius 1 is 0.397 bits per heavy atom. The van der Waals surface area contributed by atoms with Gasteiger partial charge in [0.05, 0.1) is 0 Å². The van der Waals surface area contributed by atoms with Crippen molar-refractivity contribution in [3.8, 4) is 56.4 Å². The highest BCUT2D eigenvalue weighted by molar-refractivity contribution is 6.11.